The van der Waals surface area contributed by atoms with Crippen LogP contribution in [0.3, 0.4) is 0 Å². The first-order valence-corrected chi connectivity index (χ1v) is 4.07. The molecule has 0 aromatic heterocycles. The summed E-state index contributed by atoms with van der Waals surface area (Å²) in [6, 6.07) is 2.89. The van der Waals surface area contributed by atoms with Gasteiger partial charge in [-0.15, -0.1) is 0 Å². The molecule has 0 aliphatic rings. The van der Waals surface area contributed by atoms with E-state index >= 15 is 0 Å². The zero-order valence-corrected chi connectivity index (χ0v) is 7.80. The highest BCUT2D eigenvalue weighted by Gasteiger charge is 2.04. The van der Waals surface area contributed by atoms with Gasteiger partial charge in [0.2, 0.25) is 0 Å². The summed E-state index contributed by atoms with van der Waals surface area (Å²) in [6.45, 7) is -0.160. The summed E-state index contributed by atoms with van der Waals surface area (Å²) in [6.07, 6.45) is 0. The maximum Gasteiger partial charge on any atom is 0.147 e. The normalized spacial score (nSPS) is 10.1. The molecule has 0 radical (unpaired) electrons. The minimum atomic E-state index is -0.471. The molecule has 0 saturated carbocycles. The first-order valence-electron chi connectivity index (χ1n) is 2.99. The summed E-state index contributed by atoms with van der Waals surface area (Å²) in [7, 11) is 0. The molecule has 0 spiro atoms. The first kappa shape index (κ1) is 8.73. The highest BCUT2D eigenvalue weighted by Crippen LogP contribution is 2.20. The Morgan fingerprint density at radius 2 is 2.18 bits per heavy atom. The van der Waals surface area contributed by atoms with Crippen LogP contribution in [0.25, 0.3) is 0 Å². The van der Waals surface area contributed by atoms with Crippen LogP contribution in [0.1, 0.15) is 5.56 Å². The number of rotatable bonds is 1. The van der Waals surface area contributed by atoms with E-state index in [-0.39, 0.29) is 12.3 Å². The Kier molecular flexibility index (Phi) is 2.67. The molecule has 60 valence electrons. The van der Waals surface area contributed by atoms with Gasteiger partial charge in [0.25, 0.3) is 0 Å². The molecule has 11 heavy (non-hydrogen) atoms. The van der Waals surface area contributed by atoms with Crippen molar-refractivity contribution in [2.24, 2.45) is 0 Å². The van der Waals surface area contributed by atoms with Gasteiger partial charge in [0.1, 0.15) is 5.82 Å². The second-order valence-electron chi connectivity index (χ2n) is 2.13. The Balaban J connectivity index is 3.21. The molecule has 1 aromatic carbocycles. The van der Waals surface area contributed by atoms with E-state index in [4.69, 9.17) is 10.8 Å². The Bertz CT molecular complexity index is 254. The third kappa shape index (κ3) is 1.81. The highest BCUT2D eigenvalue weighted by molar-refractivity contribution is 14.1. The van der Waals surface area contributed by atoms with Crippen molar-refractivity contribution in [1.29, 1.82) is 0 Å². The number of hydrogen-bond donors (Lipinski definition) is 2. The average Bonchev–Trinajstić information content (AvgIpc) is 1.99. The van der Waals surface area contributed by atoms with E-state index in [0.717, 1.165) is 0 Å². The standard InChI is InChI=1S/C7H7FINO/c8-5-1-4(3-11)2-6(9)7(5)10/h1-2,11H,3,10H2. The molecule has 1 aromatic rings. The molecule has 0 saturated heterocycles. The molecule has 0 aliphatic carbocycles. The Morgan fingerprint density at radius 3 is 2.64 bits per heavy atom. The van der Waals surface area contributed by atoms with Crippen LogP contribution in [0.5, 0.6) is 0 Å². The Labute approximate surface area is 77.4 Å². The molecule has 0 aliphatic heterocycles. The van der Waals surface area contributed by atoms with Gasteiger partial charge in [-0.25, -0.2) is 4.39 Å². The van der Waals surface area contributed by atoms with Gasteiger partial charge in [0.15, 0.2) is 0 Å². The van der Waals surface area contributed by atoms with Gasteiger partial charge in [-0.2, -0.15) is 0 Å². The number of nitrogen functional groups attached to an aromatic ring is 1. The molecule has 1 rings (SSSR count). The minimum Gasteiger partial charge on any atom is -0.395 e. The molecule has 0 fully saturated rings. The number of hydrogen-bond acceptors (Lipinski definition) is 2. The van der Waals surface area contributed by atoms with E-state index in [1.54, 1.807) is 6.07 Å². The molecular weight excluding hydrogens is 260 g/mol. The van der Waals surface area contributed by atoms with Crippen LogP contribution < -0.4 is 5.73 Å². The Morgan fingerprint density at radius 1 is 1.55 bits per heavy atom. The summed E-state index contributed by atoms with van der Waals surface area (Å²) < 4.78 is 13.4. The van der Waals surface area contributed by atoms with Crippen LogP contribution in [0, 0.1) is 9.39 Å². The van der Waals surface area contributed by atoms with Gasteiger partial charge in [-0.05, 0) is 40.3 Å². The van der Waals surface area contributed by atoms with E-state index in [9.17, 15) is 4.39 Å². The van der Waals surface area contributed by atoms with Crippen LogP contribution in [0.2, 0.25) is 0 Å². The van der Waals surface area contributed by atoms with Crippen molar-refractivity contribution >= 4 is 28.3 Å². The fourth-order valence-corrected chi connectivity index (χ4v) is 1.39. The lowest BCUT2D eigenvalue weighted by Gasteiger charge is -2.02. The van der Waals surface area contributed by atoms with Crippen molar-refractivity contribution < 1.29 is 9.50 Å². The average molecular weight is 267 g/mol. The lowest BCUT2D eigenvalue weighted by atomic mass is 10.2. The van der Waals surface area contributed by atoms with Crippen LogP contribution in [0.4, 0.5) is 10.1 Å². The monoisotopic (exact) mass is 267 g/mol. The van der Waals surface area contributed by atoms with Crippen molar-refractivity contribution in [3.63, 3.8) is 0 Å². The summed E-state index contributed by atoms with van der Waals surface area (Å²) in [4.78, 5) is 0. The maximum atomic E-state index is 12.8. The second kappa shape index (κ2) is 3.36. The third-order valence-electron chi connectivity index (χ3n) is 1.32. The fourth-order valence-electron chi connectivity index (χ4n) is 0.728. The summed E-state index contributed by atoms with van der Waals surface area (Å²) in [5.74, 6) is -0.471. The quantitative estimate of drug-likeness (QED) is 0.598. The van der Waals surface area contributed by atoms with E-state index < -0.39 is 5.82 Å². The van der Waals surface area contributed by atoms with Gasteiger partial charge in [0, 0.05) is 3.57 Å². The van der Waals surface area contributed by atoms with Crippen molar-refractivity contribution in [2.45, 2.75) is 6.61 Å². The van der Waals surface area contributed by atoms with Gasteiger partial charge in [0.05, 0.1) is 12.3 Å². The molecule has 0 atom stereocenters. The van der Waals surface area contributed by atoms with Crippen molar-refractivity contribution in [2.75, 3.05) is 5.73 Å². The van der Waals surface area contributed by atoms with Gasteiger partial charge >= 0.3 is 0 Å². The summed E-state index contributed by atoms with van der Waals surface area (Å²) in [5.41, 5.74) is 6.03. The third-order valence-corrected chi connectivity index (χ3v) is 2.21. The lowest BCUT2D eigenvalue weighted by molar-refractivity contribution is 0.281. The minimum absolute atomic E-state index is 0.141. The predicted molar refractivity (Wildman–Crippen MR) is 49.5 cm³/mol. The maximum absolute atomic E-state index is 12.8. The first-order chi connectivity index (χ1) is 5.15. The number of aliphatic hydroxyl groups is 1. The van der Waals surface area contributed by atoms with E-state index in [0.29, 0.717) is 9.13 Å². The fraction of sp³-hybridized carbons (Fsp3) is 0.143. The number of benzene rings is 1. The number of halogens is 2. The molecular formula is C7H7FINO. The topological polar surface area (TPSA) is 46.2 Å². The zero-order chi connectivity index (χ0) is 8.43. The highest BCUT2D eigenvalue weighted by atomic mass is 127. The number of nitrogens with two attached hydrogens (primary N) is 1. The number of aliphatic hydroxyl groups excluding tert-OH is 1. The Hall–Kier alpha value is -0.360. The van der Waals surface area contributed by atoms with Crippen molar-refractivity contribution in [1.82, 2.24) is 0 Å². The molecule has 2 nitrogen and oxygen atoms in total. The molecule has 4 heteroatoms. The molecule has 0 unspecified atom stereocenters. The van der Waals surface area contributed by atoms with Gasteiger partial charge in [-0.3, -0.25) is 0 Å². The molecule has 3 N–H and O–H groups in total. The van der Waals surface area contributed by atoms with Gasteiger partial charge in [-0.1, -0.05) is 0 Å². The van der Waals surface area contributed by atoms with E-state index in [1.807, 2.05) is 22.6 Å². The van der Waals surface area contributed by atoms with E-state index in [2.05, 4.69) is 0 Å². The molecule has 0 heterocycles. The van der Waals surface area contributed by atoms with Crippen molar-refractivity contribution in [3.8, 4) is 0 Å². The molecule has 0 amide bonds. The smallest absolute Gasteiger partial charge is 0.147 e. The van der Waals surface area contributed by atoms with Crippen molar-refractivity contribution in [3.05, 3.63) is 27.1 Å². The van der Waals surface area contributed by atoms with E-state index in [1.165, 1.54) is 6.07 Å². The summed E-state index contributed by atoms with van der Waals surface area (Å²) >= 11 is 1.92. The van der Waals surface area contributed by atoms with Crippen LogP contribution >= 0.6 is 22.6 Å². The second-order valence-corrected chi connectivity index (χ2v) is 3.29. The van der Waals surface area contributed by atoms with Gasteiger partial charge < -0.3 is 10.8 Å². The SMILES string of the molecule is Nc1c(F)cc(CO)cc1I. The largest absolute Gasteiger partial charge is 0.395 e. The predicted octanol–water partition coefficient (Wildman–Crippen LogP) is 1.50. The lowest BCUT2D eigenvalue weighted by Crippen LogP contribution is -1.96. The number of anilines is 1. The summed E-state index contributed by atoms with van der Waals surface area (Å²) in [5, 5.41) is 8.67. The molecule has 0 bridgehead atoms. The van der Waals surface area contributed by atoms with Crippen LogP contribution in [-0.2, 0) is 6.61 Å². The van der Waals surface area contributed by atoms with Crippen LogP contribution in [-0.4, -0.2) is 5.11 Å². The van der Waals surface area contributed by atoms with Crippen LogP contribution in [0.15, 0.2) is 12.1 Å². The zero-order valence-electron chi connectivity index (χ0n) is 5.64.